The molecule has 4 aliphatic rings. The molecule has 0 N–H and O–H groups in total. The Bertz CT molecular complexity index is 1290. The van der Waals surface area contributed by atoms with Crippen LogP contribution in [0.15, 0.2) is 36.7 Å². The first-order valence-electron chi connectivity index (χ1n) is 12.1. The van der Waals surface area contributed by atoms with E-state index in [0.29, 0.717) is 24.0 Å². The highest BCUT2D eigenvalue weighted by Gasteiger charge is 2.57. The first-order chi connectivity index (χ1) is 16.7. The maximum Gasteiger partial charge on any atom is 0.251 e. The van der Waals surface area contributed by atoms with Crippen LogP contribution in [0.2, 0.25) is 5.02 Å². The smallest absolute Gasteiger partial charge is 0.251 e. The largest absolute Gasteiger partial charge is 0.340 e. The van der Waals surface area contributed by atoms with Crippen LogP contribution in [0.1, 0.15) is 55.7 Å². The van der Waals surface area contributed by atoms with Gasteiger partial charge >= 0.3 is 0 Å². The molecule has 0 amide bonds. The maximum atomic E-state index is 13.9. The Labute approximate surface area is 207 Å². The summed E-state index contributed by atoms with van der Waals surface area (Å²) in [5.74, 6) is 0.285. The Hall–Kier alpha value is -2.65. The normalized spacial score (nSPS) is 24.1. The van der Waals surface area contributed by atoms with E-state index in [1.54, 1.807) is 12.4 Å². The number of halogens is 3. The molecule has 35 heavy (non-hydrogen) atoms. The van der Waals surface area contributed by atoms with Crippen LogP contribution < -0.4 is 4.90 Å². The number of rotatable bonds is 3. The van der Waals surface area contributed by atoms with Gasteiger partial charge in [-0.3, -0.25) is 9.47 Å². The summed E-state index contributed by atoms with van der Waals surface area (Å²) in [5, 5.41) is 9.86. The molecule has 7 rings (SSSR count). The molecule has 0 bridgehead atoms. The molecule has 2 aliphatic heterocycles. The number of benzene rings is 1. The summed E-state index contributed by atoms with van der Waals surface area (Å²) >= 11 is 6.36. The molecule has 0 radical (unpaired) electrons. The molecule has 10 heteroatoms. The zero-order valence-corrected chi connectivity index (χ0v) is 20.2. The summed E-state index contributed by atoms with van der Waals surface area (Å²) in [7, 11) is 0. The molecule has 2 saturated carbocycles. The number of hydrogen-bond donors (Lipinski definition) is 0. The molecular formula is C25H26ClF2N7. The van der Waals surface area contributed by atoms with Crippen molar-refractivity contribution in [2.24, 2.45) is 5.41 Å². The van der Waals surface area contributed by atoms with Crippen LogP contribution >= 0.6 is 11.6 Å². The van der Waals surface area contributed by atoms with E-state index in [4.69, 9.17) is 11.6 Å². The number of fused-ring (bicyclic) bond motifs is 3. The van der Waals surface area contributed by atoms with E-state index < -0.39 is 11.5 Å². The van der Waals surface area contributed by atoms with E-state index in [-0.39, 0.29) is 18.3 Å². The van der Waals surface area contributed by atoms with Crippen LogP contribution in [0.25, 0.3) is 5.69 Å². The molecule has 182 valence electrons. The zero-order valence-electron chi connectivity index (χ0n) is 19.5. The second kappa shape index (κ2) is 7.20. The minimum absolute atomic E-state index is 0.135. The van der Waals surface area contributed by atoms with Gasteiger partial charge in [-0.25, -0.2) is 18.7 Å². The lowest BCUT2D eigenvalue weighted by Crippen LogP contribution is -2.62. The third kappa shape index (κ3) is 3.38. The fraction of sp³-hybridized carbons (Fsp3) is 0.520. The molecular weight excluding hydrogens is 472 g/mol. The Balaban J connectivity index is 1.16. The topological polar surface area (TPSA) is 63.0 Å². The van der Waals surface area contributed by atoms with Crippen LogP contribution in [0, 0.1) is 5.41 Å². The Kier molecular flexibility index (Phi) is 4.44. The first-order valence-corrected chi connectivity index (χ1v) is 12.5. The summed E-state index contributed by atoms with van der Waals surface area (Å²) in [6.45, 7) is 4.90. The predicted octanol–water partition coefficient (Wildman–Crippen LogP) is 4.60. The van der Waals surface area contributed by atoms with Crippen molar-refractivity contribution in [3.05, 3.63) is 58.9 Å². The van der Waals surface area contributed by atoms with Gasteiger partial charge in [-0.05, 0) is 49.6 Å². The lowest BCUT2D eigenvalue weighted by atomic mass is 9.57. The van der Waals surface area contributed by atoms with Gasteiger partial charge in [-0.2, -0.15) is 0 Å². The number of alkyl halides is 2. The summed E-state index contributed by atoms with van der Waals surface area (Å²) in [6, 6.07) is 7.68. The van der Waals surface area contributed by atoms with E-state index in [2.05, 4.69) is 34.5 Å². The van der Waals surface area contributed by atoms with Gasteiger partial charge < -0.3 is 4.90 Å². The highest BCUT2D eigenvalue weighted by atomic mass is 35.5. The molecule has 7 nitrogen and oxygen atoms in total. The first kappa shape index (κ1) is 21.6. The molecule has 1 aromatic carbocycles. The molecule has 0 atom stereocenters. The summed E-state index contributed by atoms with van der Waals surface area (Å²) < 4.78 is 29.9. The molecule has 1 saturated heterocycles. The van der Waals surface area contributed by atoms with Crippen LogP contribution in [-0.2, 0) is 13.1 Å². The number of nitrogens with zero attached hydrogens (tertiary/aromatic N) is 7. The van der Waals surface area contributed by atoms with Gasteiger partial charge in [0, 0.05) is 66.8 Å². The molecule has 2 aliphatic carbocycles. The van der Waals surface area contributed by atoms with E-state index in [9.17, 15) is 8.78 Å². The average Bonchev–Trinajstić information content (AvgIpc) is 3.06. The van der Waals surface area contributed by atoms with E-state index in [1.807, 2.05) is 31.2 Å². The van der Waals surface area contributed by atoms with Crippen molar-refractivity contribution in [3.8, 4) is 5.69 Å². The van der Waals surface area contributed by atoms with E-state index >= 15 is 0 Å². The van der Waals surface area contributed by atoms with Gasteiger partial charge in [0.05, 0.1) is 12.2 Å². The lowest BCUT2D eigenvalue weighted by Gasteiger charge is -2.58. The zero-order chi connectivity index (χ0) is 24.0. The minimum Gasteiger partial charge on any atom is -0.340 e. The third-order valence-corrected chi connectivity index (χ3v) is 8.62. The maximum absolute atomic E-state index is 13.9. The van der Waals surface area contributed by atoms with Crippen molar-refractivity contribution in [2.75, 3.05) is 18.0 Å². The number of hydrogen-bond acceptors (Lipinski definition) is 6. The molecule has 3 aromatic rings. The van der Waals surface area contributed by atoms with Gasteiger partial charge in [-0.15, -0.1) is 10.2 Å². The SMILES string of the molecule is CC1(N2Cc3cc(Cl)ccc3-n3c(nnc3C3CC4(C3)CN(c3ncccn3)C4)C2)CC(F)(F)C1. The van der Waals surface area contributed by atoms with Crippen molar-refractivity contribution in [3.63, 3.8) is 0 Å². The van der Waals surface area contributed by atoms with Gasteiger partial charge in [0.25, 0.3) is 5.92 Å². The van der Waals surface area contributed by atoms with Gasteiger partial charge in [0.15, 0.2) is 5.82 Å². The Morgan fingerprint density at radius 1 is 1.03 bits per heavy atom. The quantitative estimate of drug-likeness (QED) is 0.527. The van der Waals surface area contributed by atoms with Crippen molar-refractivity contribution in [2.45, 2.75) is 63.1 Å². The van der Waals surface area contributed by atoms with E-state index in [1.165, 1.54) is 0 Å². The van der Waals surface area contributed by atoms with Crippen LogP contribution in [0.3, 0.4) is 0 Å². The standard InChI is InChI=1S/C25H26ClF2N7/c1-23(12-25(27,28)13-23)34-10-16-7-18(26)3-4-19(16)35-20(11-34)31-32-21(35)17-8-24(9-17)14-33(15-24)22-29-5-2-6-30-22/h2-7,17H,8-15H2,1H3. The van der Waals surface area contributed by atoms with Gasteiger partial charge in [-0.1, -0.05) is 11.6 Å². The molecule has 1 spiro atoms. The molecule has 4 heterocycles. The predicted molar refractivity (Wildman–Crippen MR) is 127 cm³/mol. The van der Waals surface area contributed by atoms with Crippen molar-refractivity contribution in [1.82, 2.24) is 29.6 Å². The highest BCUT2D eigenvalue weighted by Crippen LogP contribution is 2.57. The highest BCUT2D eigenvalue weighted by molar-refractivity contribution is 6.30. The molecule has 0 unspecified atom stereocenters. The minimum atomic E-state index is -2.60. The van der Waals surface area contributed by atoms with Crippen molar-refractivity contribution < 1.29 is 8.78 Å². The number of aromatic nitrogens is 5. The fourth-order valence-electron chi connectivity index (χ4n) is 6.74. The second-order valence-electron chi connectivity index (χ2n) is 11.2. The van der Waals surface area contributed by atoms with Gasteiger partial charge in [0.2, 0.25) is 5.95 Å². The Morgan fingerprint density at radius 3 is 2.49 bits per heavy atom. The van der Waals surface area contributed by atoms with Crippen LogP contribution in [-0.4, -0.2) is 54.2 Å². The van der Waals surface area contributed by atoms with E-state index in [0.717, 1.165) is 54.8 Å². The lowest BCUT2D eigenvalue weighted by molar-refractivity contribution is -0.173. The number of anilines is 1. The average molecular weight is 498 g/mol. The van der Waals surface area contributed by atoms with Crippen LogP contribution in [0.4, 0.5) is 14.7 Å². The summed E-state index contributed by atoms with van der Waals surface area (Å²) in [4.78, 5) is 13.1. The Morgan fingerprint density at radius 2 is 1.77 bits per heavy atom. The second-order valence-corrected chi connectivity index (χ2v) is 11.6. The summed E-state index contributed by atoms with van der Waals surface area (Å²) in [5.41, 5.74) is 1.75. The van der Waals surface area contributed by atoms with Crippen molar-refractivity contribution >= 4 is 17.5 Å². The monoisotopic (exact) mass is 497 g/mol. The van der Waals surface area contributed by atoms with Crippen LogP contribution in [0.5, 0.6) is 0 Å². The van der Waals surface area contributed by atoms with Crippen molar-refractivity contribution in [1.29, 1.82) is 0 Å². The summed E-state index contributed by atoms with van der Waals surface area (Å²) in [6.07, 6.45) is 5.38. The molecule has 3 fully saturated rings. The molecule has 2 aromatic heterocycles. The fourth-order valence-corrected chi connectivity index (χ4v) is 6.94. The van der Waals surface area contributed by atoms with Gasteiger partial charge in [0.1, 0.15) is 5.82 Å². The third-order valence-electron chi connectivity index (χ3n) is 8.38.